The van der Waals surface area contributed by atoms with Crippen LogP contribution in [0.4, 0.5) is 0 Å². The van der Waals surface area contributed by atoms with Crippen LogP contribution < -0.4 is 4.74 Å². The minimum atomic E-state index is -3.01. The van der Waals surface area contributed by atoms with Crippen molar-refractivity contribution in [3.05, 3.63) is 28.2 Å². The minimum absolute atomic E-state index is 0.0955. The Balaban J connectivity index is 2.08. The van der Waals surface area contributed by atoms with Crippen LogP contribution in [0.25, 0.3) is 0 Å². The highest BCUT2D eigenvalue weighted by Crippen LogP contribution is 2.31. The maximum atomic E-state index is 11.6. The highest BCUT2D eigenvalue weighted by molar-refractivity contribution is 9.10. The first kappa shape index (κ1) is 15.5. The first-order valence-corrected chi connectivity index (χ1v) is 9.25. The molecule has 0 amide bonds. The SMILES string of the molecule is CS(=O)(=O)C1CCCC(Oc2ccc(C=O)cc2Br)C1. The van der Waals surface area contributed by atoms with Gasteiger partial charge >= 0.3 is 0 Å². The Bertz CT molecular complexity index is 597. The van der Waals surface area contributed by atoms with Crippen molar-refractivity contribution < 1.29 is 17.9 Å². The van der Waals surface area contributed by atoms with Gasteiger partial charge < -0.3 is 4.74 Å². The lowest BCUT2D eigenvalue weighted by atomic mass is 9.97. The van der Waals surface area contributed by atoms with Crippen LogP contribution in [0.3, 0.4) is 0 Å². The number of sulfone groups is 1. The fourth-order valence-corrected chi connectivity index (χ4v) is 4.11. The summed E-state index contributed by atoms with van der Waals surface area (Å²) < 4.78 is 29.9. The van der Waals surface area contributed by atoms with E-state index in [0.29, 0.717) is 28.6 Å². The molecule has 1 aliphatic carbocycles. The van der Waals surface area contributed by atoms with Crippen LogP contribution in [0.1, 0.15) is 36.0 Å². The van der Waals surface area contributed by atoms with Crippen LogP contribution >= 0.6 is 15.9 Å². The van der Waals surface area contributed by atoms with Crippen LogP contribution in [0, 0.1) is 0 Å². The maximum Gasteiger partial charge on any atom is 0.150 e. The van der Waals surface area contributed by atoms with Crippen molar-refractivity contribution in [2.24, 2.45) is 0 Å². The van der Waals surface area contributed by atoms with E-state index < -0.39 is 9.84 Å². The van der Waals surface area contributed by atoms with Crippen molar-refractivity contribution >= 4 is 32.1 Å². The molecule has 0 saturated heterocycles. The summed E-state index contributed by atoms with van der Waals surface area (Å²) in [5.74, 6) is 0.648. The molecule has 1 aromatic rings. The van der Waals surface area contributed by atoms with Gasteiger partial charge in [0, 0.05) is 18.2 Å². The van der Waals surface area contributed by atoms with Crippen LogP contribution in [-0.2, 0) is 9.84 Å². The molecule has 0 aromatic heterocycles. The molecule has 0 aliphatic heterocycles. The standard InChI is InChI=1S/C14H17BrO4S/c1-20(17,18)12-4-2-3-11(8-12)19-14-6-5-10(9-16)7-13(14)15/h5-7,9,11-12H,2-4,8H2,1H3. The van der Waals surface area contributed by atoms with Crippen molar-refractivity contribution in [3.63, 3.8) is 0 Å². The molecule has 20 heavy (non-hydrogen) atoms. The van der Waals surface area contributed by atoms with Crippen molar-refractivity contribution in [2.75, 3.05) is 6.26 Å². The molecule has 6 heteroatoms. The summed E-state index contributed by atoms with van der Waals surface area (Å²) in [4.78, 5) is 10.7. The topological polar surface area (TPSA) is 60.4 Å². The number of benzene rings is 1. The number of halogens is 1. The zero-order valence-electron chi connectivity index (χ0n) is 11.2. The molecule has 0 radical (unpaired) electrons. The molecule has 0 bridgehead atoms. The van der Waals surface area contributed by atoms with Gasteiger partial charge in [-0.05, 0) is 53.4 Å². The van der Waals surface area contributed by atoms with E-state index in [2.05, 4.69) is 15.9 Å². The van der Waals surface area contributed by atoms with Crippen molar-refractivity contribution in [3.8, 4) is 5.75 Å². The molecular weight excluding hydrogens is 344 g/mol. The van der Waals surface area contributed by atoms with Gasteiger partial charge in [-0.25, -0.2) is 8.42 Å². The third-order valence-electron chi connectivity index (χ3n) is 3.57. The van der Waals surface area contributed by atoms with E-state index >= 15 is 0 Å². The fraction of sp³-hybridized carbons (Fsp3) is 0.500. The number of carbonyl (C=O) groups is 1. The summed E-state index contributed by atoms with van der Waals surface area (Å²) in [6.07, 6.45) is 4.91. The van der Waals surface area contributed by atoms with Gasteiger partial charge in [0.25, 0.3) is 0 Å². The number of hydrogen-bond donors (Lipinski definition) is 0. The highest BCUT2D eigenvalue weighted by Gasteiger charge is 2.30. The average Bonchev–Trinajstić information content (AvgIpc) is 2.40. The van der Waals surface area contributed by atoms with Crippen LogP contribution in [0.5, 0.6) is 5.75 Å². The number of hydrogen-bond acceptors (Lipinski definition) is 4. The Morgan fingerprint density at radius 2 is 2.10 bits per heavy atom. The van der Waals surface area contributed by atoms with Crippen LogP contribution in [-0.4, -0.2) is 32.3 Å². The van der Waals surface area contributed by atoms with Gasteiger partial charge in [0.2, 0.25) is 0 Å². The molecule has 0 N–H and O–H groups in total. The van der Waals surface area contributed by atoms with E-state index in [1.165, 1.54) is 6.26 Å². The summed E-state index contributed by atoms with van der Waals surface area (Å²) >= 11 is 3.37. The second-order valence-electron chi connectivity index (χ2n) is 5.17. The van der Waals surface area contributed by atoms with E-state index in [1.807, 2.05) is 0 Å². The zero-order chi connectivity index (χ0) is 14.8. The largest absolute Gasteiger partial charge is 0.489 e. The van der Waals surface area contributed by atoms with E-state index in [4.69, 9.17) is 4.74 Å². The summed E-state index contributed by atoms with van der Waals surface area (Å²) in [5.41, 5.74) is 0.571. The second kappa shape index (κ2) is 6.26. The lowest BCUT2D eigenvalue weighted by Gasteiger charge is -2.28. The Kier molecular flexibility index (Phi) is 4.86. The Morgan fingerprint density at radius 3 is 2.70 bits per heavy atom. The van der Waals surface area contributed by atoms with Gasteiger partial charge in [0.05, 0.1) is 9.72 Å². The number of rotatable bonds is 4. The second-order valence-corrected chi connectivity index (χ2v) is 8.35. The normalized spacial score (nSPS) is 23.3. The summed E-state index contributed by atoms with van der Waals surface area (Å²) in [7, 11) is -3.01. The third kappa shape index (κ3) is 3.82. The molecule has 2 rings (SSSR count). The molecule has 110 valence electrons. The molecule has 2 unspecified atom stereocenters. The first-order chi connectivity index (χ1) is 9.40. The summed E-state index contributed by atoms with van der Waals surface area (Å²) in [5, 5.41) is -0.311. The molecular formula is C14H17BrO4S. The van der Waals surface area contributed by atoms with Gasteiger partial charge in [0.1, 0.15) is 28.0 Å². The monoisotopic (exact) mass is 360 g/mol. The maximum absolute atomic E-state index is 11.6. The van der Waals surface area contributed by atoms with Crippen LogP contribution in [0.15, 0.2) is 22.7 Å². The smallest absolute Gasteiger partial charge is 0.150 e. The molecule has 1 aromatic carbocycles. The molecule has 2 atom stereocenters. The number of aldehydes is 1. The molecule has 1 fully saturated rings. The average molecular weight is 361 g/mol. The summed E-state index contributed by atoms with van der Waals surface area (Å²) in [6, 6.07) is 5.11. The van der Waals surface area contributed by atoms with E-state index in [1.54, 1.807) is 18.2 Å². The first-order valence-electron chi connectivity index (χ1n) is 6.50. The zero-order valence-corrected chi connectivity index (χ0v) is 13.6. The van der Waals surface area contributed by atoms with E-state index in [9.17, 15) is 13.2 Å². The van der Waals surface area contributed by atoms with Gasteiger partial charge in [-0.3, -0.25) is 4.79 Å². The van der Waals surface area contributed by atoms with Gasteiger partial charge in [0.15, 0.2) is 0 Å². The van der Waals surface area contributed by atoms with Crippen molar-refractivity contribution in [2.45, 2.75) is 37.0 Å². The van der Waals surface area contributed by atoms with Crippen molar-refractivity contribution in [1.29, 1.82) is 0 Å². The number of ether oxygens (including phenoxy) is 1. The predicted octanol–water partition coefficient (Wildman–Crippen LogP) is 3.00. The molecule has 0 spiro atoms. The Labute approximate surface area is 127 Å². The molecule has 0 heterocycles. The number of carbonyl (C=O) groups excluding carboxylic acids is 1. The molecule has 1 aliphatic rings. The minimum Gasteiger partial charge on any atom is -0.489 e. The Morgan fingerprint density at radius 1 is 1.35 bits per heavy atom. The lowest BCUT2D eigenvalue weighted by molar-refractivity contribution is 0.112. The van der Waals surface area contributed by atoms with E-state index in [-0.39, 0.29) is 11.4 Å². The van der Waals surface area contributed by atoms with Gasteiger partial charge in [-0.1, -0.05) is 0 Å². The third-order valence-corrected chi connectivity index (χ3v) is 5.83. The van der Waals surface area contributed by atoms with Gasteiger partial charge in [-0.15, -0.1) is 0 Å². The highest BCUT2D eigenvalue weighted by atomic mass is 79.9. The lowest BCUT2D eigenvalue weighted by Crippen LogP contribution is -2.33. The molecule has 1 saturated carbocycles. The van der Waals surface area contributed by atoms with Gasteiger partial charge in [-0.2, -0.15) is 0 Å². The predicted molar refractivity (Wildman–Crippen MR) is 81.0 cm³/mol. The fourth-order valence-electron chi connectivity index (χ4n) is 2.46. The van der Waals surface area contributed by atoms with E-state index in [0.717, 1.165) is 19.1 Å². The molecule has 4 nitrogen and oxygen atoms in total. The quantitative estimate of drug-likeness (QED) is 0.774. The summed E-state index contributed by atoms with van der Waals surface area (Å²) in [6.45, 7) is 0. The van der Waals surface area contributed by atoms with Crippen molar-refractivity contribution in [1.82, 2.24) is 0 Å². The van der Waals surface area contributed by atoms with Crippen LogP contribution in [0.2, 0.25) is 0 Å². The Hall–Kier alpha value is -0.880.